The number of hydrogen-bond donors (Lipinski definition) is 1. The van der Waals surface area contributed by atoms with E-state index in [0.717, 1.165) is 6.07 Å². The molecule has 2 aromatic rings. The first-order valence-electron chi connectivity index (χ1n) is 5.20. The maximum Gasteiger partial charge on any atom is 0.169 e. The van der Waals surface area contributed by atoms with Gasteiger partial charge in [0.1, 0.15) is 5.82 Å². The van der Waals surface area contributed by atoms with Crippen LogP contribution < -0.4 is 5.73 Å². The molecule has 0 aliphatic rings. The number of halogens is 2. The van der Waals surface area contributed by atoms with Crippen LogP contribution >= 0.6 is 0 Å². The molecule has 0 spiro atoms. The van der Waals surface area contributed by atoms with E-state index in [0.29, 0.717) is 23.9 Å². The van der Waals surface area contributed by atoms with Crippen molar-refractivity contribution in [3.8, 4) is 0 Å². The fourth-order valence-corrected chi connectivity index (χ4v) is 1.98. The molecule has 86 valence electrons. The normalized spacial score (nSPS) is 13.2. The summed E-state index contributed by atoms with van der Waals surface area (Å²) in [6, 6.07) is 2.46. The van der Waals surface area contributed by atoms with Crippen molar-refractivity contribution >= 4 is 11.0 Å². The third-order valence-electron chi connectivity index (χ3n) is 2.78. The van der Waals surface area contributed by atoms with Crippen molar-refractivity contribution in [3.05, 3.63) is 35.6 Å². The van der Waals surface area contributed by atoms with Crippen molar-refractivity contribution in [1.82, 2.24) is 0 Å². The van der Waals surface area contributed by atoms with Gasteiger partial charge in [0.2, 0.25) is 0 Å². The summed E-state index contributed by atoms with van der Waals surface area (Å²) < 4.78 is 32.1. The van der Waals surface area contributed by atoms with Gasteiger partial charge < -0.3 is 10.2 Å². The van der Waals surface area contributed by atoms with Gasteiger partial charge in [-0.3, -0.25) is 0 Å². The van der Waals surface area contributed by atoms with Gasteiger partial charge in [-0.1, -0.05) is 6.92 Å². The first-order valence-corrected chi connectivity index (χ1v) is 5.20. The summed E-state index contributed by atoms with van der Waals surface area (Å²) in [5.74, 6) is -1.25. The molecule has 2 rings (SSSR count). The molecule has 0 fully saturated rings. The van der Waals surface area contributed by atoms with E-state index in [1.54, 1.807) is 6.07 Å². The predicted octanol–water partition coefficient (Wildman–Crippen LogP) is 3.16. The first kappa shape index (κ1) is 11.1. The number of fused-ring (bicyclic) bond motifs is 1. The zero-order chi connectivity index (χ0) is 11.7. The molecule has 1 heterocycles. The van der Waals surface area contributed by atoms with E-state index in [1.807, 2.05) is 6.92 Å². The van der Waals surface area contributed by atoms with Gasteiger partial charge in [0.15, 0.2) is 11.4 Å². The van der Waals surface area contributed by atoms with E-state index in [-0.39, 0.29) is 11.5 Å². The summed E-state index contributed by atoms with van der Waals surface area (Å²) in [6.45, 7) is 2.34. The van der Waals surface area contributed by atoms with Crippen LogP contribution in [0.3, 0.4) is 0 Å². The molecule has 1 aromatic carbocycles. The molecule has 0 bridgehead atoms. The molecule has 1 atom stereocenters. The Labute approximate surface area is 92.0 Å². The molecule has 0 amide bonds. The van der Waals surface area contributed by atoms with Crippen molar-refractivity contribution in [3.63, 3.8) is 0 Å². The monoisotopic (exact) mass is 225 g/mol. The first-order chi connectivity index (χ1) is 7.65. The molecule has 16 heavy (non-hydrogen) atoms. The summed E-state index contributed by atoms with van der Waals surface area (Å²) in [6.07, 6.45) is 2.02. The summed E-state index contributed by atoms with van der Waals surface area (Å²) in [5.41, 5.74) is 6.04. The van der Waals surface area contributed by atoms with Gasteiger partial charge in [0.05, 0.1) is 6.26 Å². The fraction of sp³-hybridized carbons (Fsp3) is 0.333. The van der Waals surface area contributed by atoms with Crippen LogP contribution in [-0.2, 0) is 0 Å². The minimum atomic E-state index is -0.666. The van der Waals surface area contributed by atoms with Crippen molar-refractivity contribution < 1.29 is 13.2 Å². The molecule has 1 aromatic heterocycles. The lowest BCUT2D eigenvalue weighted by Gasteiger charge is -2.12. The van der Waals surface area contributed by atoms with Crippen molar-refractivity contribution in [2.45, 2.75) is 19.3 Å². The number of rotatable bonds is 3. The molecule has 0 aliphatic carbocycles. The van der Waals surface area contributed by atoms with Gasteiger partial charge in [-0.2, -0.15) is 0 Å². The van der Waals surface area contributed by atoms with E-state index in [2.05, 4.69) is 0 Å². The van der Waals surface area contributed by atoms with E-state index >= 15 is 0 Å². The molecule has 0 radical (unpaired) electrons. The van der Waals surface area contributed by atoms with Crippen LogP contribution in [-0.4, -0.2) is 6.54 Å². The Balaban J connectivity index is 2.63. The third-order valence-corrected chi connectivity index (χ3v) is 2.78. The van der Waals surface area contributed by atoms with Gasteiger partial charge in [-0.25, -0.2) is 8.78 Å². The maximum absolute atomic E-state index is 13.7. The average Bonchev–Trinajstić information content (AvgIpc) is 2.66. The lowest BCUT2D eigenvalue weighted by molar-refractivity contribution is 0.535. The minimum Gasteiger partial charge on any atom is -0.461 e. The number of hydrogen-bond acceptors (Lipinski definition) is 2. The lowest BCUT2D eigenvalue weighted by Crippen LogP contribution is -2.06. The lowest BCUT2D eigenvalue weighted by atomic mass is 9.94. The highest BCUT2D eigenvalue weighted by Crippen LogP contribution is 2.32. The second kappa shape index (κ2) is 4.22. The number of benzene rings is 1. The molecule has 2 nitrogen and oxygen atoms in total. The van der Waals surface area contributed by atoms with Crippen molar-refractivity contribution in [1.29, 1.82) is 0 Å². The maximum atomic E-state index is 13.7. The zero-order valence-corrected chi connectivity index (χ0v) is 8.97. The Hall–Kier alpha value is -1.42. The quantitative estimate of drug-likeness (QED) is 0.871. The van der Waals surface area contributed by atoms with E-state index in [9.17, 15) is 8.78 Å². The zero-order valence-electron chi connectivity index (χ0n) is 8.97. The molecular weight excluding hydrogens is 212 g/mol. The van der Waals surface area contributed by atoms with Gasteiger partial charge in [-0.15, -0.1) is 0 Å². The number of furan rings is 1. The molecular formula is C12H13F2NO. The summed E-state index contributed by atoms with van der Waals surface area (Å²) in [5, 5.41) is 0.499. The van der Waals surface area contributed by atoms with E-state index in [1.165, 1.54) is 6.26 Å². The fourth-order valence-electron chi connectivity index (χ4n) is 1.98. The van der Waals surface area contributed by atoms with Gasteiger partial charge in [0, 0.05) is 17.0 Å². The van der Waals surface area contributed by atoms with Crippen LogP contribution in [0.4, 0.5) is 8.78 Å². The second-order valence-electron chi connectivity index (χ2n) is 3.90. The third kappa shape index (κ3) is 1.69. The van der Waals surface area contributed by atoms with Gasteiger partial charge in [0.25, 0.3) is 0 Å². The highest BCUT2D eigenvalue weighted by atomic mass is 19.1. The number of nitrogens with two attached hydrogens (primary N) is 1. The second-order valence-corrected chi connectivity index (χ2v) is 3.90. The average molecular weight is 225 g/mol. The van der Waals surface area contributed by atoms with Crippen LogP contribution in [0.2, 0.25) is 0 Å². The Bertz CT molecular complexity index is 507. The van der Waals surface area contributed by atoms with Crippen molar-refractivity contribution in [2.75, 3.05) is 6.54 Å². The molecule has 0 saturated carbocycles. The molecule has 4 heteroatoms. The predicted molar refractivity (Wildman–Crippen MR) is 58.2 cm³/mol. The molecule has 0 saturated heterocycles. The van der Waals surface area contributed by atoms with Gasteiger partial charge >= 0.3 is 0 Å². The summed E-state index contributed by atoms with van der Waals surface area (Å²) in [7, 11) is 0. The summed E-state index contributed by atoms with van der Waals surface area (Å²) >= 11 is 0. The van der Waals surface area contributed by atoms with Crippen molar-refractivity contribution in [2.24, 2.45) is 5.73 Å². The molecule has 1 unspecified atom stereocenters. The van der Waals surface area contributed by atoms with Crippen LogP contribution in [0, 0.1) is 11.6 Å². The Morgan fingerprint density at radius 2 is 2.12 bits per heavy atom. The standard InChI is InChI=1S/C12H13F2NO/c1-7(2-4-15)11-8-3-5-16-12(8)10(14)6-9(11)13/h3,5-7H,2,4,15H2,1H3. The highest BCUT2D eigenvalue weighted by molar-refractivity contribution is 5.82. The van der Waals surface area contributed by atoms with E-state index < -0.39 is 11.6 Å². The molecule has 2 N–H and O–H groups in total. The van der Waals surface area contributed by atoms with E-state index in [4.69, 9.17) is 10.2 Å². The smallest absolute Gasteiger partial charge is 0.169 e. The SMILES string of the molecule is CC(CCN)c1c(F)cc(F)c2occc12. The topological polar surface area (TPSA) is 39.2 Å². The molecule has 0 aliphatic heterocycles. The van der Waals surface area contributed by atoms with Crippen LogP contribution in [0.1, 0.15) is 24.8 Å². The minimum absolute atomic E-state index is 0.0503. The Morgan fingerprint density at radius 1 is 1.38 bits per heavy atom. The Morgan fingerprint density at radius 3 is 2.81 bits per heavy atom. The highest BCUT2D eigenvalue weighted by Gasteiger charge is 2.18. The van der Waals surface area contributed by atoms with Crippen LogP contribution in [0.5, 0.6) is 0 Å². The summed E-state index contributed by atoms with van der Waals surface area (Å²) in [4.78, 5) is 0. The van der Waals surface area contributed by atoms with Crippen LogP contribution in [0.25, 0.3) is 11.0 Å². The largest absolute Gasteiger partial charge is 0.461 e. The Kier molecular flexibility index (Phi) is 2.92. The van der Waals surface area contributed by atoms with Gasteiger partial charge in [-0.05, 0) is 24.9 Å². The van der Waals surface area contributed by atoms with Crippen LogP contribution in [0.15, 0.2) is 22.8 Å².